The molecule has 2 nitrogen and oxygen atoms in total. The van der Waals surface area contributed by atoms with Gasteiger partial charge in [-0.05, 0) is 43.0 Å². The number of aliphatic hydroxyl groups excluding tert-OH is 1. The summed E-state index contributed by atoms with van der Waals surface area (Å²) in [4.78, 5) is 0. The predicted molar refractivity (Wildman–Crippen MR) is 62.3 cm³/mol. The van der Waals surface area contributed by atoms with Gasteiger partial charge in [0.1, 0.15) is 12.4 Å². The van der Waals surface area contributed by atoms with Crippen LogP contribution in [-0.4, -0.2) is 30.8 Å². The number of halogens is 3. The van der Waals surface area contributed by atoms with Crippen molar-refractivity contribution < 1.29 is 23.0 Å². The molecule has 0 aliphatic rings. The van der Waals surface area contributed by atoms with Crippen molar-refractivity contribution in [2.24, 2.45) is 0 Å². The molecule has 1 aromatic carbocycles. The largest absolute Gasteiger partial charge is 0.393 e. The van der Waals surface area contributed by atoms with Crippen molar-refractivity contribution in [3.05, 3.63) is 35.1 Å². The van der Waals surface area contributed by atoms with Crippen LogP contribution in [0.15, 0.2) is 18.2 Å². The quantitative estimate of drug-likeness (QED) is 0.766. The maximum absolute atomic E-state index is 13.0. The smallest absolute Gasteiger partial charge is 0.261 e. The topological polar surface area (TPSA) is 29.5 Å². The molecule has 5 heteroatoms. The van der Waals surface area contributed by atoms with Gasteiger partial charge < -0.3 is 9.84 Å². The van der Waals surface area contributed by atoms with Crippen LogP contribution in [0, 0.1) is 12.7 Å². The highest BCUT2D eigenvalue weighted by atomic mass is 19.3. The minimum Gasteiger partial charge on any atom is -0.393 e. The predicted octanol–water partition coefficient (Wildman–Crippen LogP) is 2.71. The molecular formula is C13H17F3O2. The highest BCUT2D eigenvalue weighted by Crippen LogP contribution is 2.13. The summed E-state index contributed by atoms with van der Waals surface area (Å²) in [5.74, 6) is -0.350. The molecule has 1 atom stereocenters. The van der Waals surface area contributed by atoms with Gasteiger partial charge in [0, 0.05) is 6.61 Å². The van der Waals surface area contributed by atoms with Gasteiger partial charge in [-0.3, -0.25) is 0 Å². The average Bonchev–Trinajstić information content (AvgIpc) is 2.29. The first-order chi connectivity index (χ1) is 8.49. The van der Waals surface area contributed by atoms with E-state index in [0.717, 1.165) is 11.1 Å². The van der Waals surface area contributed by atoms with E-state index >= 15 is 0 Å². The first-order valence-electron chi connectivity index (χ1n) is 5.78. The Bertz CT molecular complexity index is 369. The molecule has 102 valence electrons. The molecule has 0 saturated carbocycles. The summed E-state index contributed by atoms with van der Waals surface area (Å²) in [5, 5.41) is 9.69. The third kappa shape index (κ3) is 5.51. The molecule has 0 aliphatic carbocycles. The van der Waals surface area contributed by atoms with Crippen molar-refractivity contribution in [1.29, 1.82) is 0 Å². The summed E-state index contributed by atoms with van der Waals surface area (Å²) in [5.41, 5.74) is 1.61. The van der Waals surface area contributed by atoms with Crippen molar-refractivity contribution in [2.45, 2.75) is 32.3 Å². The second kappa shape index (κ2) is 7.38. The summed E-state index contributed by atoms with van der Waals surface area (Å²) >= 11 is 0. The fourth-order valence-corrected chi connectivity index (χ4v) is 1.61. The summed E-state index contributed by atoms with van der Waals surface area (Å²) in [6.45, 7) is 1.28. The van der Waals surface area contributed by atoms with E-state index < -0.39 is 19.1 Å². The number of hydrogen-bond donors (Lipinski definition) is 1. The van der Waals surface area contributed by atoms with Gasteiger partial charge in [-0.2, -0.15) is 0 Å². The highest BCUT2D eigenvalue weighted by Gasteiger charge is 2.09. The Morgan fingerprint density at radius 3 is 2.72 bits per heavy atom. The van der Waals surface area contributed by atoms with Gasteiger partial charge >= 0.3 is 0 Å². The first-order valence-corrected chi connectivity index (χ1v) is 5.78. The van der Waals surface area contributed by atoms with Crippen LogP contribution < -0.4 is 0 Å². The number of aryl methyl sites for hydroxylation is 1. The highest BCUT2D eigenvalue weighted by molar-refractivity contribution is 5.27. The van der Waals surface area contributed by atoms with Gasteiger partial charge in [-0.1, -0.05) is 6.07 Å². The average molecular weight is 262 g/mol. The zero-order valence-electron chi connectivity index (χ0n) is 10.2. The monoisotopic (exact) mass is 262 g/mol. The standard InChI is InChI=1S/C13H17F3O2/c1-9-2-3-11(14)6-10(9)7-12(17)4-5-18-8-13(15)16/h2-3,6,12-13,17H,4-5,7-8H2,1H3. The Balaban J connectivity index is 2.35. The SMILES string of the molecule is Cc1ccc(F)cc1CC(O)CCOCC(F)F. The molecular weight excluding hydrogens is 245 g/mol. The van der Waals surface area contributed by atoms with Crippen LogP contribution in [0.25, 0.3) is 0 Å². The van der Waals surface area contributed by atoms with E-state index in [9.17, 15) is 18.3 Å². The Kier molecular flexibility index (Phi) is 6.15. The molecule has 0 radical (unpaired) electrons. The number of alkyl halides is 2. The van der Waals surface area contributed by atoms with Crippen LogP contribution >= 0.6 is 0 Å². The van der Waals surface area contributed by atoms with Crippen LogP contribution in [0.3, 0.4) is 0 Å². The van der Waals surface area contributed by atoms with Crippen LogP contribution in [-0.2, 0) is 11.2 Å². The molecule has 1 N–H and O–H groups in total. The molecule has 0 heterocycles. The van der Waals surface area contributed by atoms with Crippen molar-refractivity contribution >= 4 is 0 Å². The van der Waals surface area contributed by atoms with E-state index in [1.807, 2.05) is 6.92 Å². The summed E-state index contributed by atoms with van der Waals surface area (Å²) in [7, 11) is 0. The fraction of sp³-hybridized carbons (Fsp3) is 0.538. The van der Waals surface area contributed by atoms with Gasteiger partial charge in [0.25, 0.3) is 6.43 Å². The van der Waals surface area contributed by atoms with Crippen LogP contribution in [0.2, 0.25) is 0 Å². The van der Waals surface area contributed by atoms with Gasteiger partial charge in [0.2, 0.25) is 0 Å². The van der Waals surface area contributed by atoms with Crippen LogP contribution in [0.1, 0.15) is 17.5 Å². The Labute approximate surface area is 104 Å². The number of ether oxygens (including phenoxy) is 1. The van der Waals surface area contributed by atoms with Crippen LogP contribution in [0.4, 0.5) is 13.2 Å². The Morgan fingerprint density at radius 2 is 2.06 bits per heavy atom. The van der Waals surface area contributed by atoms with E-state index in [4.69, 9.17) is 0 Å². The van der Waals surface area contributed by atoms with Crippen molar-refractivity contribution in [3.63, 3.8) is 0 Å². The van der Waals surface area contributed by atoms with Crippen LogP contribution in [0.5, 0.6) is 0 Å². The van der Waals surface area contributed by atoms with Gasteiger partial charge in [-0.25, -0.2) is 13.2 Å². The molecule has 1 aromatic rings. The van der Waals surface area contributed by atoms with E-state index in [0.29, 0.717) is 6.42 Å². The number of rotatable bonds is 7. The lowest BCUT2D eigenvalue weighted by Crippen LogP contribution is -2.16. The van der Waals surface area contributed by atoms with E-state index in [1.54, 1.807) is 6.07 Å². The lowest BCUT2D eigenvalue weighted by atomic mass is 10.0. The van der Waals surface area contributed by atoms with Gasteiger partial charge in [0.05, 0.1) is 6.10 Å². The Morgan fingerprint density at radius 1 is 1.33 bits per heavy atom. The van der Waals surface area contributed by atoms with Gasteiger partial charge in [-0.15, -0.1) is 0 Å². The number of aliphatic hydroxyl groups is 1. The summed E-state index contributed by atoms with van der Waals surface area (Å²) in [6.07, 6.45) is -2.67. The zero-order valence-corrected chi connectivity index (χ0v) is 10.2. The molecule has 0 amide bonds. The van der Waals surface area contributed by atoms with Gasteiger partial charge in [0.15, 0.2) is 0 Å². The lowest BCUT2D eigenvalue weighted by molar-refractivity contribution is 0.00511. The molecule has 0 aromatic heterocycles. The molecule has 0 fully saturated rings. The minimum absolute atomic E-state index is 0.0693. The second-order valence-electron chi connectivity index (χ2n) is 4.18. The number of benzene rings is 1. The molecule has 1 unspecified atom stereocenters. The molecule has 0 aliphatic heterocycles. The van der Waals surface area contributed by atoms with E-state index in [1.165, 1.54) is 12.1 Å². The third-order valence-electron chi connectivity index (χ3n) is 2.61. The molecule has 18 heavy (non-hydrogen) atoms. The summed E-state index contributed by atoms with van der Waals surface area (Å²) < 4.78 is 41.2. The fourth-order valence-electron chi connectivity index (χ4n) is 1.61. The van der Waals surface area contributed by atoms with Crippen molar-refractivity contribution in [1.82, 2.24) is 0 Å². The normalized spacial score (nSPS) is 13.0. The molecule has 0 spiro atoms. The zero-order chi connectivity index (χ0) is 13.5. The third-order valence-corrected chi connectivity index (χ3v) is 2.61. The number of hydrogen-bond acceptors (Lipinski definition) is 2. The summed E-state index contributed by atoms with van der Waals surface area (Å²) in [6, 6.07) is 4.38. The first kappa shape index (κ1) is 15.0. The molecule has 0 saturated heterocycles. The maximum atomic E-state index is 13.0. The van der Waals surface area contributed by atoms with E-state index in [-0.39, 0.29) is 18.8 Å². The molecule has 0 bridgehead atoms. The lowest BCUT2D eigenvalue weighted by Gasteiger charge is -2.12. The van der Waals surface area contributed by atoms with E-state index in [2.05, 4.69) is 4.74 Å². The second-order valence-corrected chi connectivity index (χ2v) is 4.18. The minimum atomic E-state index is -2.49. The maximum Gasteiger partial charge on any atom is 0.261 e. The molecule has 1 rings (SSSR count). The van der Waals surface area contributed by atoms with Crippen molar-refractivity contribution in [3.8, 4) is 0 Å². The Hall–Kier alpha value is -1.07. The van der Waals surface area contributed by atoms with Crippen molar-refractivity contribution in [2.75, 3.05) is 13.2 Å².